The molecule has 7 heteroatoms. The molecule has 0 unspecified atom stereocenters. The Balaban J connectivity index is 1.63. The number of nitrogens with one attached hydrogen (secondary N) is 1. The number of benzene rings is 1. The number of hydrogen-bond acceptors (Lipinski definition) is 5. The molecular formula is C21H18N2O3S2. The molecule has 0 radical (unpaired) electrons. The molecule has 0 spiro atoms. The predicted octanol–water partition coefficient (Wildman–Crippen LogP) is 4.05. The molecule has 4 rings (SSSR count). The molecule has 1 aliphatic heterocycles. The third-order valence-electron chi connectivity index (χ3n) is 4.72. The molecule has 1 aromatic carbocycles. The van der Waals surface area contributed by atoms with Crippen LogP contribution in [0.4, 0.5) is 0 Å². The number of thiophene rings is 2. The van der Waals surface area contributed by atoms with Gasteiger partial charge in [-0.2, -0.15) is 0 Å². The Bertz CT molecular complexity index is 1020. The summed E-state index contributed by atoms with van der Waals surface area (Å²) in [6, 6.07) is 13.2. The van der Waals surface area contributed by atoms with Crippen LogP contribution in [0.5, 0.6) is 0 Å². The minimum Gasteiger partial charge on any atom is -0.334 e. The fourth-order valence-electron chi connectivity index (χ4n) is 3.29. The first-order valence-electron chi connectivity index (χ1n) is 8.80. The third kappa shape index (κ3) is 3.77. The molecule has 28 heavy (non-hydrogen) atoms. The Morgan fingerprint density at radius 3 is 2.61 bits per heavy atom. The quantitative estimate of drug-likeness (QED) is 0.387. The Hall–Kier alpha value is -2.74. The van der Waals surface area contributed by atoms with Crippen LogP contribution in [0.1, 0.15) is 31.2 Å². The number of amides is 2. The minimum atomic E-state index is -0.553. The first kappa shape index (κ1) is 18.6. The summed E-state index contributed by atoms with van der Waals surface area (Å²) in [4.78, 5) is 28.9. The first-order valence-corrected chi connectivity index (χ1v) is 10.6. The van der Waals surface area contributed by atoms with Crippen molar-refractivity contribution in [2.24, 2.45) is 0 Å². The molecule has 0 fully saturated rings. The number of nitrogens with zero attached hydrogens (tertiary/aromatic N) is 1. The van der Waals surface area contributed by atoms with Gasteiger partial charge in [0.25, 0.3) is 11.8 Å². The topological polar surface area (TPSA) is 69.6 Å². The summed E-state index contributed by atoms with van der Waals surface area (Å²) in [7, 11) is 0. The van der Waals surface area contributed by atoms with Crippen LogP contribution in [0, 0.1) is 0 Å². The first-order chi connectivity index (χ1) is 13.7. The monoisotopic (exact) mass is 410 g/mol. The molecule has 5 nitrogen and oxygen atoms in total. The molecule has 0 bridgehead atoms. The van der Waals surface area contributed by atoms with Crippen molar-refractivity contribution in [3.8, 4) is 0 Å². The van der Waals surface area contributed by atoms with E-state index in [0.29, 0.717) is 24.2 Å². The number of hydroxylamine groups is 1. The average molecular weight is 411 g/mol. The van der Waals surface area contributed by atoms with Gasteiger partial charge < -0.3 is 4.90 Å². The summed E-state index contributed by atoms with van der Waals surface area (Å²) < 4.78 is 0. The van der Waals surface area contributed by atoms with E-state index in [0.717, 1.165) is 27.3 Å². The van der Waals surface area contributed by atoms with Gasteiger partial charge in [-0.3, -0.25) is 14.8 Å². The molecule has 0 atom stereocenters. The second-order valence-electron chi connectivity index (χ2n) is 6.45. The van der Waals surface area contributed by atoms with Gasteiger partial charge >= 0.3 is 0 Å². The predicted molar refractivity (Wildman–Crippen MR) is 111 cm³/mol. The lowest BCUT2D eigenvalue weighted by Crippen LogP contribution is -2.36. The fraction of sp³-hybridized carbons (Fsp3) is 0.143. The van der Waals surface area contributed by atoms with Crippen molar-refractivity contribution in [3.63, 3.8) is 0 Å². The van der Waals surface area contributed by atoms with Crippen molar-refractivity contribution in [2.45, 2.75) is 13.0 Å². The van der Waals surface area contributed by atoms with Gasteiger partial charge in [0.05, 0.1) is 5.57 Å². The van der Waals surface area contributed by atoms with E-state index in [1.165, 1.54) is 0 Å². The Morgan fingerprint density at radius 2 is 1.89 bits per heavy atom. The number of fused-ring (bicyclic) bond motifs is 1. The largest absolute Gasteiger partial charge is 0.334 e. The highest BCUT2D eigenvalue weighted by molar-refractivity contribution is 7.12. The molecule has 2 amide bonds. The zero-order valence-electron chi connectivity index (χ0n) is 14.9. The minimum absolute atomic E-state index is 0.0153. The summed E-state index contributed by atoms with van der Waals surface area (Å²) in [5.41, 5.74) is 4.78. The van der Waals surface area contributed by atoms with E-state index in [2.05, 4.69) is 0 Å². The second kappa shape index (κ2) is 8.10. The van der Waals surface area contributed by atoms with Gasteiger partial charge in [0.2, 0.25) is 0 Å². The van der Waals surface area contributed by atoms with Crippen LogP contribution in [-0.2, 0) is 17.8 Å². The lowest BCUT2D eigenvalue weighted by atomic mass is 9.96. The maximum absolute atomic E-state index is 13.4. The van der Waals surface area contributed by atoms with Gasteiger partial charge in [0, 0.05) is 28.4 Å². The van der Waals surface area contributed by atoms with Crippen LogP contribution in [-0.4, -0.2) is 28.5 Å². The van der Waals surface area contributed by atoms with E-state index in [4.69, 9.17) is 5.21 Å². The molecule has 0 saturated carbocycles. The van der Waals surface area contributed by atoms with Crippen LogP contribution >= 0.6 is 22.7 Å². The molecule has 0 aliphatic carbocycles. The number of carbonyl (C=O) groups excluding carboxylic acids is 2. The van der Waals surface area contributed by atoms with Crippen molar-refractivity contribution in [3.05, 3.63) is 79.7 Å². The molecule has 1 aliphatic rings. The SMILES string of the molecule is O=C(NO)c1ccc2c(c1)CN(C(=O)/C(=C/c1cccs1)c1cccs1)CC2. The summed E-state index contributed by atoms with van der Waals surface area (Å²) in [5, 5.41) is 12.8. The van der Waals surface area contributed by atoms with Gasteiger partial charge in [-0.15, -0.1) is 22.7 Å². The average Bonchev–Trinajstić information content (AvgIpc) is 3.44. The normalized spacial score (nSPS) is 13.9. The highest BCUT2D eigenvalue weighted by Gasteiger charge is 2.25. The maximum Gasteiger partial charge on any atom is 0.274 e. The van der Waals surface area contributed by atoms with E-state index in [-0.39, 0.29) is 5.91 Å². The van der Waals surface area contributed by atoms with Gasteiger partial charge in [0.15, 0.2) is 0 Å². The summed E-state index contributed by atoms with van der Waals surface area (Å²) in [6.45, 7) is 1.07. The van der Waals surface area contributed by atoms with Crippen molar-refractivity contribution in [1.82, 2.24) is 10.4 Å². The summed E-state index contributed by atoms with van der Waals surface area (Å²) in [6.07, 6.45) is 2.68. The van der Waals surface area contributed by atoms with E-state index in [9.17, 15) is 9.59 Å². The van der Waals surface area contributed by atoms with Crippen LogP contribution in [0.3, 0.4) is 0 Å². The van der Waals surface area contributed by atoms with Gasteiger partial charge in [-0.25, -0.2) is 5.48 Å². The Kier molecular flexibility index (Phi) is 5.38. The van der Waals surface area contributed by atoms with E-state index >= 15 is 0 Å². The molecule has 0 saturated heterocycles. The van der Waals surface area contributed by atoms with Crippen molar-refractivity contribution in [2.75, 3.05) is 6.54 Å². The third-order valence-corrected chi connectivity index (χ3v) is 6.44. The van der Waals surface area contributed by atoms with E-state index < -0.39 is 5.91 Å². The van der Waals surface area contributed by atoms with Crippen LogP contribution in [0.25, 0.3) is 11.6 Å². The van der Waals surface area contributed by atoms with E-state index in [1.54, 1.807) is 40.3 Å². The summed E-state index contributed by atoms with van der Waals surface area (Å²) in [5.74, 6) is -0.568. The zero-order valence-corrected chi connectivity index (χ0v) is 16.6. The lowest BCUT2D eigenvalue weighted by Gasteiger charge is -2.30. The molecule has 2 N–H and O–H groups in total. The molecule has 3 heterocycles. The maximum atomic E-state index is 13.4. The van der Waals surface area contributed by atoms with Crippen molar-refractivity contribution in [1.29, 1.82) is 0 Å². The molecular weight excluding hydrogens is 392 g/mol. The molecule has 3 aromatic rings. The lowest BCUT2D eigenvalue weighted by molar-refractivity contribution is -0.125. The van der Waals surface area contributed by atoms with Crippen molar-refractivity contribution >= 4 is 46.1 Å². The fourth-order valence-corrected chi connectivity index (χ4v) is 4.68. The summed E-state index contributed by atoms with van der Waals surface area (Å²) >= 11 is 3.15. The van der Waals surface area contributed by atoms with Gasteiger partial charge in [-0.1, -0.05) is 18.2 Å². The smallest absolute Gasteiger partial charge is 0.274 e. The standard InChI is InChI=1S/C21H18N2O3S2/c24-20(22-26)15-6-5-14-7-8-23(13-16(14)11-15)21(25)18(19-4-2-10-28-19)12-17-3-1-9-27-17/h1-6,9-12,26H,7-8,13H2,(H,22,24)/b18-12+. The number of rotatable bonds is 4. The number of hydrogen-bond donors (Lipinski definition) is 2. The van der Waals surface area contributed by atoms with Crippen LogP contribution < -0.4 is 5.48 Å². The Morgan fingerprint density at radius 1 is 1.07 bits per heavy atom. The van der Waals surface area contributed by atoms with Gasteiger partial charge in [-0.05, 0) is 58.6 Å². The molecule has 142 valence electrons. The second-order valence-corrected chi connectivity index (χ2v) is 8.38. The van der Waals surface area contributed by atoms with E-state index in [1.807, 2.05) is 52.1 Å². The zero-order chi connectivity index (χ0) is 19.5. The van der Waals surface area contributed by atoms with Crippen LogP contribution in [0.2, 0.25) is 0 Å². The molecule has 2 aromatic heterocycles. The number of carbonyl (C=O) groups is 2. The van der Waals surface area contributed by atoms with Crippen LogP contribution in [0.15, 0.2) is 53.2 Å². The van der Waals surface area contributed by atoms with Gasteiger partial charge in [0.1, 0.15) is 0 Å². The highest BCUT2D eigenvalue weighted by Crippen LogP contribution is 2.29. The highest BCUT2D eigenvalue weighted by atomic mass is 32.1. The van der Waals surface area contributed by atoms with Crippen molar-refractivity contribution < 1.29 is 14.8 Å². The Labute approximate surface area is 170 Å².